The number of rotatable bonds is 2. The first-order valence-electron chi connectivity index (χ1n) is 7.79. The van der Waals surface area contributed by atoms with Gasteiger partial charge in [0.25, 0.3) is 0 Å². The van der Waals surface area contributed by atoms with Crippen LogP contribution in [0.3, 0.4) is 0 Å². The van der Waals surface area contributed by atoms with E-state index in [1.165, 1.54) is 0 Å². The second-order valence-electron chi connectivity index (χ2n) is 10.1. The third-order valence-corrected chi connectivity index (χ3v) is 2.06. The van der Waals surface area contributed by atoms with Gasteiger partial charge in [-0.3, -0.25) is 0 Å². The molecule has 21 heavy (non-hydrogen) atoms. The van der Waals surface area contributed by atoms with Crippen molar-refractivity contribution in [2.45, 2.75) is 94.2 Å². The summed E-state index contributed by atoms with van der Waals surface area (Å²) in [6, 6.07) is 0. The van der Waals surface area contributed by atoms with E-state index in [4.69, 9.17) is 0 Å². The first kappa shape index (κ1) is 26.6. The molecule has 0 amide bonds. The molecule has 0 saturated carbocycles. The molecule has 0 aliphatic carbocycles. The largest absolute Gasteiger partial charge is 2.00 e. The van der Waals surface area contributed by atoms with Gasteiger partial charge in [-0.15, -0.1) is 24.2 Å². The Labute approximate surface area is 151 Å². The summed E-state index contributed by atoms with van der Waals surface area (Å²) in [4.78, 5) is 0. The van der Waals surface area contributed by atoms with E-state index in [0.29, 0.717) is 10.8 Å². The SMILES string of the molecule is CC(C)(C)C[N-]C(C)(C)C.CC(C)(C)C[N-]C(C)(C)C.[Mg+2]. The quantitative estimate of drug-likeness (QED) is 0.557. The van der Waals surface area contributed by atoms with Gasteiger partial charge < -0.3 is 10.6 Å². The molecule has 0 aromatic carbocycles. The van der Waals surface area contributed by atoms with Gasteiger partial charge in [-0.25, -0.2) is 0 Å². The van der Waals surface area contributed by atoms with Gasteiger partial charge in [-0.1, -0.05) is 93.9 Å². The number of nitrogens with zero attached hydrogens (tertiary/aromatic N) is 2. The molecular weight excluding hydrogens is 269 g/mol. The Balaban J connectivity index is -0.000000295. The normalized spacial score (nSPS) is 13.1. The van der Waals surface area contributed by atoms with Crippen LogP contribution in [0.1, 0.15) is 83.1 Å². The van der Waals surface area contributed by atoms with Gasteiger partial charge in [-0.2, -0.15) is 0 Å². The third kappa shape index (κ3) is 33.5. The Bertz CT molecular complexity index is 190. The van der Waals surface area contributed by atoms with Crippen molar-refractivity contribution in [1.29, 1.82) is 0 Å². The van der Waals surface area contributed by atoms with E-state index >= 15 is 0 Å². The number of hydrogen-bond donors (Lipinski definition) is 0. The summed E-state index contributed by atoms with van der Waals surface area (Å²) >= 11 is 0. The molecule has 0 aliphatic heterocycles. The molecule has 0 N–H and O–H groups in total. The molecule has 0 rings (SSSR count). The fourth-order valence-electron chi connectivity index (χ4n) is 0.949. The van der Waals surface area contributed by atoms with Crippen LogP contribution in [0.2, 0.25) is 0 Å². The van der Waals surface area contributed by atoms with Crippen LogP contribution in [0.4, 0.5) is 0 Å². The van der Waals surface area contributed by atoms with Crippen molar-refractivity contribution < 1.29 is 0 Å². The maximum Gasteiger partial charge on any atom is 2.00 e. The predicted octanol–water partition coefficient (Wildman–Crippen LogP) is 6.03. The molecule has 0 unspecified atom stereocenters. The average Bonchev–Trinajstić information content (AvgIpc) is 2.09. The average molecular weight is 309 g/mol. The Morgan fingerprint density at radius 1 is 0.476 bits per heavy atom. The van der Waals surface area contributed by atoms with Crippen molar-refractivity contribution in [3.63, 3.8) is 0 Å². The molecule has 2 nitrogen and oxygen atoms in total. The maximum atomic E-state index is 4.53. The summed E-state index contributed by atoms with van der Waals surface area (Å²) in [6.07, 6.45) is 0. The minimum Gasteiger partial charge on any atom is -0.657 e. The van der Waals surface area contributed by atoms with Gasteiger partial charge in [0.2, 0.25) is 0 Å². The second-order valence-corrected chi connectivity index (χ2v) is 10.1. The predicted molar refractivity (Wildman–Crippen MR) is 101 cm³/mol. The molecule has 0 heterocycles. The Morgan fingerprint density at radius 2 is 0.667 bits per heavy atom. The van der Waals surface area contributed by atoms with Crippen molar-refractivity contribution in [2.75, 3.05) is 13.1 Å². The van der Waals surface area contributed by atoms with Crippen LogP contribution >= 0.6 is 0 Å². The molecule has 0 saturated heterocycles. The molecule has 0 aromatic heterocycles. The van der Waals surface area contributed by atoms with E-state index in [9.17, 15) is 0 Å². The zero-order chi connectivity index (χ0) is 16.8. The summed E-state index contributed by atoms with van der Waals surface area (Å²) in [5.41, 5.74) is 0.946. The topological polar surface area (TPSA) is 28.2 Å². The summed E-state index contributed by atoms with van der Waals surface area (Å²) in [6.45, 7) is 28.0. The van der Waals surface area contributed by atoms with Crippen molar-refractivity contribution in [2.24, 2.45) is 10.8 Å². The van der Waals surface area contributed by atoms with Gasteiger partial charge >= 0.3 is 23.1 Å². The monoisotopic (exact) mass is 308 g/mol. The summed E-state index contributed by atoms with van der Waals surface area (Å²) in [5.74, 6) is 0. The molecule has 0 radical (unpaired) electrons. The fraction of sp³-hybridized carbons (Fsp3) is 1.00. The van der Waals surface area contributed by atoms with Crippen LogP contribution in [0, 0.1) is 10.8 Å². The van der Waals surface area contributed by atoms with Crippen molar-refractivity contribution in [3.8, 4) is 0 Å². The van der Waals surface area contributed by atoms with Gasteiger partial charge in [0.15, 0.2) is 0 Å². The third-order valence-electron chi connectivity index (χ3n) is 2.06. The van der Waals surface area contributed by atoms with Gasteiger partial charge in [0.05, 0.1) is 0 Å². The first-order chi connectivity index (χ1) is 8.41. The van der Waals surface area contributed by atoms with E-state index < -0.39 is 0 Å². The second kappa shape index (κ2) is 9.74. The molecule has 0 bridgehead atoms. The van der Waals surface area contributed by atoms with E-state index in [1.807, 2.05) is 0 Å². The molecule has 3 heteroatoms. The zero-order valence-electron chi connectivity index (χ0n) is 17.0. The first-order valence-corrected chi connectivity index (χ1v) is 7.79. The van der Waals surface area contributed by atoms with E-state index in [0.717, 1.165) is 13.1 Å². The molecule has 0 aromatic rings. The van der Waals surface area contributed by atoms with Crippen molar-refractivity contribution in [1.82, 2.24) is 0 Å². The molecule has 0 aliphatic rings. The smallest absolute Gasteiger partial charge is 0.657 e. The van der Waals surface area contributed by atoms with Gasteiger partial charge in [-0.05, 0) is 0 Å². The van der Waals surface area contributed by atoms with Crippen LogP contribution in [0.5, 0.6) is 0 Å². The fourth-order valence-corrected chi connectivity index (χ4v) is 0.949. The van der Waals surface area contributed by atoms with Crippen LogP contribution in [0.15, 0.2) is 0 Å². The van der Waals surface area contributed by atoms with Crippen LogP contribution in [0.25, 0.3) is 10.6 Å². The molecule has 0 fully saturated rings. The molecule has 0 atom stereocenters. The molecular formula is C18H40MgN2. The van der Waals surface area contributed by atoms with Crippen molar-refractivity contribution in [3.05, 3.63) is 10.6 Å². The standard InChI is InChI=1S/2C9H20N.Mg/c2*1-8(2,3)7-10-9(4,5)6;/h2*7H2,1-6H3;/q2*-1;+2. The summed E-state index contributed by atoms with van der Waals surface area (Å²) in [5, 5.41) is 9.06. The molecule has 124 valence electrons. The Morgan fingerprint density at radius 3 is 0.714 bits per heavy atom. The van der Waals surface area contributed by atoms with Gasteiger partial charge in [0, 0.05) is 0 Å². The number of hydrogen-bond acceptors (Lipinski definition) is 0. The summed E-state index contributed by atoms with van der Waals surface area (Å²) in [7, 11) is 0. The minimum atomic E-state index is 0. The van der Waals surface area contributed by atoms with Crippen LogP contribution in [-0.4, -0.2) is 47.2 Å². The van der Waals surface area contributed by atoms with E-state index in [-0.39, 0.29) is 34.1 Å². The molecule has 0 spiro atoms. The van der Waals surface area contributed by atoms with E-state index in [1.54, 1.807) is 0 Å². The zero-order valence-corrected chi connectivity index (χ0v) is 18.4. The minimum absolute atomic E-state index is 0. The van der Waals surface area contributed by atoms with E-state index in [2.05, 4.69) is 93.7 Å². The summed E-state index contributed by atoms with van der Waals surface area (Å²) < 4.78 is 0. The Hall–Kier alpha value is 0.686. The van der Waals surface area contributed by atoms with Crippen LogP contribution < -0.4 is 0 Å². The Kier molecular flexibility index (Phi) is 12.3. The van der Waals surface area contributed by atoms with Crippen molar-refractivity contribution >= 4 is 23.1 Å². The maximum absolute atomic E-state index is 4.53. The van der Waals surface area contributed by atoms with Gasteiger partial charge in [0.1, 0.15) is 0 Å². The van der Waals surface area contributed by atoms with Crippen LogP contribution in [-0.2, 0) is 0 Å².